The summed E-state index contributed by atoms with van der Waals surface area (Å²) in [5.74, 6) is 0.0764. The summed E-state index contributed by atoms with van der Waals surface area (Å²) < 4.78 is 11.0. The lowest BCUT2D eigenvalue weighted by Crippen LogP contribution is -2.58. The Bertz CT molecular complexity index is 330. The van der Waals surface area contributed by atoms with E-state index in [1.54, 1.807) is 0 Å². The Morgan fingerprint density at radius 1 is 1.15 bits per heavy atom. The van der Waals surface area contributed by atoms with Gasteiger partial charge in [0.05, 0.1) is 0 Å². The second-order valence-corrected chi connectivity index (χ2v) is 6.25. The minimum Gasteiger partial charge on any atom is -0.381 e. The first-order valence-electron chi connectivity index (χ1n) is 8.02. The fraction of sp³-hybridized carbons (Fsp3) is 0.933. The van der Waals surface area contributed by atoms with Gasteiger partial charge in [-0.2, -0.15) is 0 Å². The van der Waals surface area contributed by atoms with Crippen LogP contribution in [0.2, 0.25) is 0 Å². The van der Waals surface area contributed by atoms with E-state index in [0.29, 0.717) is 0 Å². The number of ether oxygens (including phenoxy) is 2. The van der Waals surface area contributed by atoms with E-state index < -0.39 is 0 Å². The zero-order chi connectivity index (χ0) is 13.8. The zero-order valence-electron chi connectivity index (χ0n) is 12.2. The Hall–Kier alpha value is -0.650. The largest absolute Gasteiger partial charge is 0.381 e. The highest BCUT2D eigenvalue weighted by Gasteiger charge is 2.40. The van der Waals surface area contributed by atoms with Crippen LogP contribution >= 0.6 is 0 Å². The predicted molar refractivity (Wildman–Crippen MR) is 75.6 cm³/mol. The van der Waals surface area contributed by atoms with Gasteiger partial charge in [-0.05, 0) is 51.6 Å². The molecule has 3 aliphatic rings. The van der Waals surface area contributed by atoms with Gasteiger partial charge in [-0.15, -0.1) is 0 Å². The first-order valence-corrected chi connectivity index (χ1v) is 8.02. The third-order valence-electron chi connectivity index (χ3n) is 5.01. The Morgan fingerprint density at radius 2 is 1.90 bits per heavy atom. The van der Waals surface area contributed by atoms with Crippen molar-refractivity contribution in [3.05, 3.63) is 0 Å². The standard InChI is InChI=1S/C15H26N2O3/c18-14(13-4-3-9-20-13)16-12-15(5-10-19-11-6-15)17-7-1-2-8-17/h13H,1-12H2,(H,16,18)/t13-/m1/s1. The van der Waals surface area contributed by atoms with Crippen LogP contribution in [0.4, 0.5) is 0 Å². The fourth-order valence-electron chi connectivity index (χ4n) is 3.70. The van der Waals surface area contributed by atoms with Crippen LogP contribution in [0.5, 0.6) is 0 Å². The van der Waals surface area contributed by atoms with Gasteiger partial charge in [0, 0.05) is 31.9 Å². The molecule has 0 aromatic heterocycles. The highest BCUT2D eigenvalue weighted by atomic mass is 16.5. The number of likely N-dealkylation sites (tertiary alicyclic amines) is 1. The summed E-state index contributed by atoms with van der Waals surface area (Å²) in [5, 5.41) is 3.15. The van der Waals surface area contributed by atoms with Crippen LogP contribution in [0.15, 0.2) is 0 Å². The predicted octanol–water partition coefficient (Wildman–Crippen LogP) is 0.927. The molecule has 114 valence electrons. The van der Waals surface area contributed by atoms with Crippen molar-refractivity contribution in [3.63, 3.8) is 0 Å². The van der Waals surface area contributed by atoms with E-state index in [-0.39, 0.29) is 17.6 Å². The van der Waals surface area contributed by atoms with Gasteiger partial charge in [-0.3, -0.25) is 9.69 Å². The van der Waals surface area contributed by atoms with E-state index in [9.17, 15) is 4.79 Å². The van der Waals surface area contributed by atoms with Crippen LogP contribution in [-0.2, 0) is 14.3 Å². The molecule has 0 spiro atoms. The van der Waals surface area contributed by atoms with Crippen LogP contribution < -0.4 is 5.32 Å². The molecule has 0 saturated carbocycles. The minimum absolute atomic E-state index is 0.0764. The first kappa shape index (κ1) is 14.3. The number of rotatable bonds is 4. The summed E-state index contributed by atoms with van der Waals surface area (Å²) in [6, 6.07) is 0. The van der Waals surface area contributed by atoms with Gasteiger partial charge in [-0.1, -0.05) is 0 Å². The molecule has 1 amide bonds. The molecule has 3 rings (SSSR count). The van der Waals surface area contributed by atoms with Gasteiger partial charge in [0.2, 0.25) is 5.91 Å². The molecule has 5 nitrogen and oxygen atoms in total. The monoisotopic (exact) mass is 282 g/mol. The summed E-state index contributed by atoms with van der Waals surface area (Å²) in [5.41, 5.74) is 0.114. The van der Waals surface area contributed by atoms with Crippen molar-refractivity contribution in [2.24, 2.45) is 0 Å². The van der Waals surface area contributed by atoms with Crippen molar-refractivity contribution >= 4 is 5.91 Å². The second-order valence-electron chi connectivity index (χ2n) is 6.25. The van der Waals surface area contributed by atoms with Crippen LogP contribution in [-0.4, -0.2) is 61.9 Å². The fourth-order valence-corrected chi connectivity index (χ4v) is 3.70. The molecule has 0 unspecified atom stereocenters. The summed E-state index contributed by atoms with van der Waals surface area (Å²) in [4.78, 5) is 14.7. The maximum atomic E-state index is 12.2. The quantitative estimate of drug-likeness (QED) is 0.833. The van der Waals surface area contributed by atoms with Crippen molar-refractivity contribution in [1.29, 1.82) is 0 Å². The Morgan fingerprint density at radius 3 is 2.55 bits per heavy atom. The van der Waals surface area contributed by atoms with Crippen LogP contribution in [0.25, 0.3) is 0 Å². The molecule has 1 N–H and O–H groups in total. The lowest BCUT2D eigenvalue weighted by Gasteiger charge is -2.44. The normalized spacial score (nSPS) is 30.5. The molecule has 3 fully saturated rings. The number of hydrogen-bond acceptors (Lipinski definition) is 4. The van der Waals surface area contributed by atoms with Crippen LogP contribution in [0.3, 0.4) is 0 Å². The van der Waals surface area contributed by atoms with Gasteiger partial charge >= 0.3 is 0 Å². The molecule has 0 aliphatic carbocycles. The topological polar surface area (TPSA) is 50.8 Å². The van der Waals surface area contributed by atoms with E-state index in [2.05, 4.69) is 10.2 Å². The molecule has 3 heterocycles. The third kappa shape index (κ3) is 3.00. The highest BCUT2D eigenvalue weighted by molar-refractivity contribution is 5.81. The van der Waals surface area contributed by atoms with E-state index in [1.165, 1.54) is 12.8 Å². The van der Waals surface area contributed by atoms with E-state index >= 15 is 0 Å². The molecular formula is C15H26N2O3. The number of amides is 1. The molecule has 20 heavy (non-hydrogen) atoms. The number of hydrogen-bond donors (Lipinski definition) is 1. The van der Waals surface area contributed by atoms with E-state index in [1.807, 2.05) is 0 Å². The lowest BCUT2D eigenvalue weighted by molar-refractivity contribution is -0.131. The van der Waals surface area contributed by atoms with Gasteiger partial charge in [0.25, 0.3) is 0 Å². The summed E-state index contributed by atoms with van der Waals surface area (Å²) in [6.07, 6.45) is 6.27. The highest BCUT2D eigenvalue weighted by Crippen LogP contribution is 2.30. The number of nitrogens with zero attached hydrogens (tertiary/aromatic N) is 1. The van der Waals surface area contributed by atoms with Crippen molar-refractivity contribution < 1.29 is 14.3 Å². The number of carbonyl (C=O) groups is 1. The Kier molecular flexibility index (Phi) is 4.58. The summed E-state index contributed by atoms with van der Waals surface area (Å²) >= 11 is 0. The van der Waals surface area contributed by atoms with Crippen molar-refractivity contribution in [2.45, 2.75) is 50.2 Å². The SMILES string of the molecule is O=C(NCC1(N2CCCC2)CCOCC1)[C@H]1CCCO1. The van der Waals surface area contributed by atoms with Crippen molar-refractivity contribution in [3.8, 4) is 0 Å². The van der Waals surface area contributed by atoms with Crippen LogP contribution in [0.1, 0.15) is 38.5 Å². The van der Waals surface area contributed by atoms with Gasteiger partial charge in [0.15, 0.2) is 0 Å². The van der Waals surface area contributed by atoms with Crippen molar-refractivity contribution in [1.82, 2.24) is 10.2 Å². The van der Waals surface area contributed by atoms with Crippen molar-refractivity contribution in [2.75, 3.05) is 39.5 Å². The molecule has 0 aromatic carbocycles. The molecule has 0 aromatic rings. The second kappa shape index (κ2) is 6.41. The first-order chi connectivity index (χ1) is 9.80. The lowest BCUT2D eigenvalue weighted by atomic mass is 9.88. The van der Waals surface area contributed by atoms with Gasteiger partial charge in [-0.25, -0.2) is 0 Å². The average Bonchev–Trinajstić information content (AvgIpc) is 3.18. The molecule has 1 atom stereocenters. The van der Waals surface area contributed by atoms with E-state index in [0.717, 1.165) is 65.1 Å². The third-order valence-corrected chi connectivity index (χ3v) is 5.01. The summed E-state index contributed by atoms with van der Waals surface area (Å²) in [6.45, 7) is 5.42. The zero-order valence-corrected chi connectivity index (χ0v) is 12.2. The molecule has 5 heteroatoms. The molecule has 0 radical (unpaired) electrons. The van der Waals surface area contributed by atoms with Crippen LogP contribution in [0, 0.1) is 0 Å². The smallest absolute Gasteiger partial charge is 0.249 e. The number of carbonyl (C=O) groups excluding carboxylic acids is 1. The Balaban J connectivity index is 1.59. The van der Waals surface area contributed by atoms with Gasteiger partial charge < -0.3 is 14.8 Å². The summed E-state index contributed by atoms with van der Waals surface area (Å²) in [7, 11) is 0. The molecule has 3 aliphatic heterocycles. The molecule has 0 bridgehead atoms. The minimum atomic E-state index is -0.217. The number of nitrogens with one attached hydrogen (secondary N) is 1. The van der Waals surface area contributed by atoms with Gasteiger partial charge in [0.1, 0.15) is 6.10 Å². The average molecular weight is 282 g/mol. The molecule has 3 saturated heterocycles. The Labute approximate surface area is 121 Å². The van der Waals surface area contributed by atoms with E-state index in [4.69, 9.17) is 9.47 Å². The maximum Gasteiger partial charge on any atom is 0.249 e. The molecular weight excluding hydrogens is 256 g/mol. The maximum absolute atomic E-state index is 12.2.